The summed E-state index contributed by atoms with van der Waals surface area (Å²) in [6.07, 6.45) is 1.19. The fraction of sp³-hybridized carbons (Fsp3) is 0.0769. The average Bonchev–Trinajstić information content (AvgIpc) is 2.26. The normalized spacial score (nSPS) is 10.3. The zero-order chi connectivity index (χ0) is 14.0. The molecule has 0 spiro atoms. The van der Waals surface area contributed by atoms with Gasteiger partial charge in [0.15, 0.2) is 0 Å². The molecule has 1 aromatic carbocycles. The Bertz CT molecular complexity index is 624. The summed E-state index contributed by atoms with van der Waals surface area (Å²) in [5.74, 6) is -2.66. The van der Waals surface area contributed by atoms with E-state index in [-0.39, 0.29) is 16.9 Å². The molecule has 0 aliphatic carbocycles. The first-order chi connectivity index (χ1) is 8.95. The second-order valence-corrected chi connectivity index (χ2v) is 3.96. The fourth-order valence-corrected chi connectivity index (χ4v) is 1.62. The van der Waals surface area contributed by atoms with E-state index in [0.717, 1.165) is 18.2 Å². The van der Waals surface area contributed by atoms with Crippen LogP contribution in [0, 0.1) is 18.6 Å². The maximum atomic E-state index is 13.1. The lowest BCUT2D eigenvalue weighted by Crippen LogP contribution is -2.04. The third kappa shape index (κ3) is 3.04. The zero-order valence-electron chi connectivity index (χ0n) is 9.95. The number of aryl methyl sites for hydroxylation is 1. The highest BCUT2D eigenvalue weighted by molar-refractivity contribution is 5.94. The number of halogens is 2. The van der Waals surface area contributed by atoms with Crippen molar-refractivity contribution in [2.75, 3.05) is 5.32 Å². The first-order valence-corrected chi connectivity index (χ1v) is 5.39. The molecule has 0 unspecified atom stereocenters. The number of hydrogen-bond acceptors (Lipinski definition) is 3. The highest BCUT2D eigenvalue weighted by atomic mass is 19.1. The highest BCUT2D eigenvalue weighted by Crippen LogP contribution is 2.22. The molecule has 1 aromatic heterocycles. The van der Waals surface area contributed by atoms with E-state index >= 15 is 0 Å². The molecule has 0 bridgehead atoms. The van der Waals surface area contributed by atoms with Crippen molar-refractivity contribution in [1.29, 1.82) is 0 Å². The van der Waals surface area contributed by atoms with Crippen molar-refractivity contribution in [3.8, 4) is 0 Å². The predicted octanol–water partition coefficient (Wildman–Crippen LogP) is 3.11. The van der Waals surface area contributed by atoms with Gasteiger partial charge >= 0.3 is 5.97 Å². The summed E-state index contributed by atoms with van der Waals surface area (Å²) < 4.78 is 26.1. The van der Waals surface area contributed by atoms with Gasteiger partial charge in [-0.05, 0) is 25.1 Å². The molecule has 4 nitrogen and oxygen atoms in total. The lowest BCUT2D eigenvalue weighted by atomic mass is 10.2. The van der Waals surface area contributed by atoms with Gasteiger partial charge in [-0.3, -0.25) is 4.98 Å². The maximum Gasteiger partial charge on any atom is 0.339 e. The van der Waals surface area contributed by atoms with Crippen molar-refractivity contribution in [3.05, 3.63) is 53.4 Å². The van der Waals surface area contributed by atoms with Gasteiger partial charge in [0.2, 0.25) is 0 Å². The molecule has 19 heavy (non-hydrogen) atoms. The molecule has 2 rings (SSSR count). The average molecular weight is 264 g/mol. The van der Waals surface area contributed by atoms with Crippen molar-refractivity contribution in [2.45, 2.75) is 6.92 Å². The highest BCUT2D eigenvalue weighted by Gasteiger charge is 2.12. The number of carboxylic acid groups (broad SMARTS) is 1. The number of aromatic nitrogens is 1. The van der Waals surface area contributed by atoms with Gasteiger partial charge in [-0.1, -0.05) is 0 Å². The van der Waals surface area contributed by atoms with Gasteiger partial charge < -0.3 is 10.4 Å². The Morgan fingerprint density at radius 1 is 1.21 bits per heavy atom. The summed E-state index contributed by atoms with van der Waals surface area (Å²) in [5.41, 5.74) is 0.871. The third-order valence-electron chi connectivity index (χ3n) is 2.41. The van der Waals surface area contributed by atoms with Gasteiger partial charge in [0.05, 0.1) is 5.69 Å². The van der Waals surface area contributed by atoms with Crippen molar-refractivity contribution in [1.82, 2.24) is 4.98 Å². The molecule has 0 amide bonds. The number of rotatable bonds is 3. The van der Waals surface area contributed by atoms with E-state index in [9.17, 15) is 13.6 Å². The maximum absolute atomic E-state index is 13.1. The van der Waals surface area contributed by atoms with Gasteiger partial charge in [-0.25, -0.2) is 13.6 Å². The molecule has 0 radical (unpaired) electrons. The van der Waals surface area contributed by atoms with E-state index in [4.69, 9.17) is 5.11 Å². The summed E-state index contributed by atoms with van der Waals surface area (Å²) in [6.45, 7) is 1.68. The second kappa shape index (κ2) is 5.01. The summed E-state index contributed by atoms with van der Waals surface area (Å²) in [6, 6.07) is 4.38. The van der Waals surface area contributed by atoms with Crippen molar-refractivity contribution in [2.24, 2.45) is 0 Å². The molecule has 98 valence electrons. The Hall–Kier alpha value is -2.50. The van der Waals surface area contributed by atoms with Crippen LogP contribution in [0.5, 0.6) is 0 Å². The quantitative estimate of drug-likeness (QED) is 0.894. The Morgan fingerprint density at radius 2 is 1.84 bits per heavy atom. The smallest absolute Gasteiger partial charge is 0.339 e. The molecule has 1 heterocycles. The fourth-order valence-electron chi connectivity index (χ4n) is 1.62. The van der Waals surface area contributed by atoms with Gasteiger partial charge in [-0.2, -0.15) is 0 Å². The predicted molar refractivity (Wildman–Crippen MR) is 65.6 cm³/mol. The van der Waals surface area contributed by atoms with E-state index in [1.54, 1.807) is 6.92 Å². The van der Waals surface area contributed by atoms with Crippen molar-refractivity contribution in [3.63, 3.8) is 0 Å². The summed E-state index contributed by atoms with van der Waals surface area (Å²) >= 11 is 0. The standard InChI is InChI=1S/C13H10F2N2O2/c1-7-2-12(11(6-16-7)13(18)19)17-10-4-8(14)3-9(15)5-10/h2-6H,1H3,(H,16,17)(H,18,19). The van der Waals surface area contributed by atoms with E-state index in [1.165, 1.54) is 12.3 Å². The minimum atomic E-state index is -1.17. The van der Waals surface area contributed by atoms with Crippen LogP contribution < -0.4 is 5.32 Å². The monoisotopic (exact) mass is 264 g/mol. The lowest BCUT2D eigenvalue weighted by Gasteiger charge is -2.10. The molecule has 2 N–H and O–H groups in total. The molecule has 0 saturated heterocycles. The molecule has 0 aliphatic heterocycles. The van der Waals surface area contributed by atoms with Crippen LogP contribution in [0.4, 0.5) is 20.2 Å². The van der Waals surface area contributed by atoms with Gasteiger partial charge in [0.1, 0.15) is 17.2 Å². The zero-order valence-corrected chi connectivity index (χ0v) is 9.95. The number of carbonyl (C=O) groups is 1. The van der Waals surface area contributed by atoms with Crippen LogP contribution >= 0.6 is 0 Å². The van der Waals surface area contributed by atoms with Gasteiger partial charge in [0.25, 0.3) is 0 Å². The number of nitrogens with one attached hydrogen (secondary N) is 1. The van der Waals surface area contributed by atoms with Crippen molar-refractivity contribution < 1.29 is 18.7 Å². The molecule has 6 heteroatoms. The van der Waals surface area contributed by atoms with Crippen LogP contribution in [0.25, 0.3) is 0 Å². The molecule has 0 atom stereocenters. The molecular weight excluding hydrogens is 254 g/mol. The minimum Gasteiger partial charge on any atom is -0.478 e. The van der Waals surface area contributed by atoms with Crippen LogP contribution in [0.1, 0.15) is 16.1 Å². The Balaban J connectivity index is 2.42. The number of carboxylic acids is 1. The molecule has 0 aliphatic rings. The van der Waals surface area contributed by atoms with Crippen LogP contribution in [0.2, 0.25) is 0 Å². The van der Waals surface area contributed by atoms with Crippen molar-refractivity contribution >= 4 is 17.3 Å². The Labute approximate surface area is 107 Å². The van der Waals surface area contributed by atoms with Gasteiger partial charge in [-0.15, -0.1) is 0 Å². The van der Waals surface area contributed by atoms with Crippen LogP contribution in [0.15, 0.2) is 30.5 Å². The minimum absolute atomic E-state index is 0.0738. The summed E-state index contributed by atoms with van der Waals surface area (Å²) in [5, 5.41) is 11.7. The number of benzene rings is 1. The Kier molecular flexibility index (Phi) is 3.41. The number of nitrogens with zero attached hydrogens (tertiary/aromatic N) is 1. The number of pyridine rings is 1. The van der Waals surface area contributed by atoms with E-state index in [1.807, 2.05) is 0 Å². The van der Waals surface area contributed by atoms with Crippen LogP contribution in [-0.4, -0.2) is 16.1 Å². The van der Waals surface area contributed by atoms with E-state index < -0.39 is 17.6 Å². The summed E-state index contributed by atoms with van der Waals surface area (Å²) in [4.78, 5) is 14.9. The van der Waals surface area contributed by atoms with Crippen LogP contribution in [-0.2, 0) is 0 Å². The number of anilines is 2. The summed E-state index contributed by atoms with van der Waals surface area (Å²) in [7, 11) is 0. The van der Waals surface area contributed by atoms with Crippen LogP contribution in [0.3, 0.4) is 0 Å². The molecular formula is C13H10F2N2O2. The Morgan fingerprint density at radius 3 is 2.42 bits per heavy atom. The SMILES string of the molecule is Cc1cc(Nc2cc(F)cc(F)c2)c(C(=O)O)cn1. The molecule has 2 aromatic rings. The first kappa shape index (κ1) is 12.9. The largest absolute Gasteiger partial charge is 0.478 e. The second-order valence-electron chi connectivity index (χ2n) is 3.96. The van der Waals surface area contributed by atoms with Gasteiger partial charge in [0, 0.05) is 23.6 Å². The van der Waals surface area contributed by atoms with E-state index in [2.05, 4.69) is 10.3 Å². The third-order valence-corrected chi connectivity index (χ3v) is 2.41. The number of aromatic carboxylic acids is 1. The first-order valence-electron chi connectivity index (χ1n) is 5.39. The number of hydrogen-bond donors (Lipinski definition) is 2. The molecule has 0 fully saturated rings. The molecule has 0 saturated carbocycles. The lowest BCUT2D eigenvalue weighted by molar-refractivity contribution is 0.0697. The van der Waals surface area contributed by atoms with E-state index in [0.29, 0.717) is 5.69 Å². The topological polar surface area (TPSA) is 62.2 Å².